The van der Waals surface area contributed by atoms with E-state index in [4.69, 9.17) is 5.73 Å². The molecule has 1 heteroatoms. The van der Waals surface area contributed by atoms with Gasteiger partial charge >= 0.3 is 0 Å². The lowest BCUT2D eigenvalue weighted by molar-refractivity contribution is 0.171. The molecule has 1 nitrogen and oxygen atoms in total. The van der Waals surface area contributed by atoms with Crippen molar-refractivity contribution in [3.05, 3.63) is 0 Å². The average molecular weight is 139 g/mol. The van der Waals surface area contributed by atoms with Gasteiger partial charge in [-0.2, -0.15) is 0 Å². The van der Waals surface area contributed by atoms with Gasteiger partial charge in [-0.1, -0.05) is 19.3 Å². The van der Waals surface area contributed by atoms with Gasteiger partial charge in [0, 0.05) is 5.54 Å². The zero-order valence-corrected chi connectivity index (χ0v) is 6.60. The van der Waals surface area contributed by atoms with Gasteiger partial charge in [-0.05, 0) is 31.6 Å². The van der Waals surface area contributed by atoms with Gasteiger partial charge in [0.15, 0.2) is 0 Å². The number of hydrogen-bond acceptors (Lipinski definition) is 1. The molecule has 2 fully saturated rings. The van der Waals surface area contributed by atoms with Crippen LogP contribution in [0.2, 0.25) is 0 Å². The lowest BCUT2D eigenvalue weighted by atomic mass is 9.70. The van der Waals surface area contributed by atoms with Crippen molar-refractivity contribution in [2.24, 2.45) is 11.7 Å². The van der Waals surface area contributed by atoms with Crippen LogP contribution >= 0.6 is 0 Å². The summed E-state index contributed by atoms with van der Waals surface area (Å²) in [5, 5.41) is 0. The highest BCUT2D eigenvalue weighted by atomic mass is 14.8. The van der Waals surface area contributed by atoms with Crippen LogP contribution in [0, 0.1) is 5.92 Å². The third-order valence-corrected chi connectivity index (χ3v) is 3.45. The monoisotopic (exact) mass is 139 g/mol. The molecule has 0 unspecified atom stereocenters. The van der Waals surface area contributed by atoms with E-state index in [0.717, 1.165) is 5.92 Å². The molecule has 2 N–H and O–H groups in total. The molecule has 0 radical (unpaired) electrons. The predicted octanol–water partition coefficient (Wildman–Crippen LogP) is 2.06. The van der Waals surface area contributed by atoms with E-state index < -0.39 is 0 Å². The zero-order valence-electron chi connectivity index (χ0n) is 6.60. The van der Waals surface area contributed by atoms with Crippen LogP contribution in [-0.2, 0) is 0 Å². The summed E-state index contributed by atoms with van der Waals surface area (Å²) in [5.41, 5.74) is 6.55. The van der Waals surface area contributed by atoms with Gasteiger partial charge in [0.1, 0.15) is 0 Å². The molecule has 0 aliphatic heterocycles. The Hall–Kier alpha value is -0.0400. The maximum atomic E-state index is 6.26. The van der Waals surface area contributed by atoms with Gasteiger partial charge in [-0.3, -0.25) is 0 Å². The highest BCUT2D eigenvalue weighted by molar-refractivity contribution is 4.98. The van der Waals surface area contributed by atoms with Crippen LogP contribution in [-0.4, -0.2) is 5.54 Å². The Labute approximate surface area is 63.0 Å². The van der Waals surface area contributed by atoms with Crippen molar-refractivity contribution in [1.29, 1.82) is 0 Å². The molecule has 0 bridgehead atoms. The van der Waals surface area contributed by atoms with Crippen molar-refractivity contribution in [3.63, 3.8) is 0 Å². The van der Waals surface area contributed by atoms with Crippen molar-refractivity contribution in [2.45, 2.75) is 50.5 Å². The number of rotatable bonds is 1. The van der Waals surface area contributed by atoms with Gasteiger partial charge in [0.25, 0.3) is 0 Å². The molecule has 0 aromatic carbocycles. The minimum atomic E-state index is 0.290. The molecule has 2 aliphatic rings. The lowest BCUT2D eigenvalue weighted by Gasteiger charge is -2.40. The normalized spacial score (nSPS) is 32.1. The zero-order chi connectivity index (χ0) is 7.03. The topological polar surface area (TPSA) is 26.0 Å². The van der Waals surface area contributed by atoms with Gasteiger partial charge in [0.05, 0.1) is 0 Å². The molecule has 2 saturated carbocycles. The van der Waals surface area contributed by atoms with Gasteiger partial charge < -0.3 is 5.73 Å². The van der Waals surface area contributed by atoms with E-state index in [-0.39, 0.29) is 5.54 Å². The van der Waals surface area contributed by atoms with Crippen molar-refractivity contribution in [1.82, 2.24) is 0 Å². The minimum Gasteiger partial charge on any atom is -0.325 e. The second-order valence-electron chi connectivity index (χ2n) is 4.07. The first-order valence-electron chi connectivity index (χ1n) is 4.60. The third kappa shape index (κ3) is 0.878. The maximum absolute atomic E-state index is 6.26. The molecular weight excluding hydrogens is 122 g/mol. The predicted molar refractivity (Wildman–Crippen MR) is 42.7 cm³/mol. The summed E-state index contributed by atoms with van der Waals surface area (Å²) in [6.07, 6.45) is 9.63. The molecule has 0 heterocycles. The van der Waals surface area contributed by atoms with Crippen LogP contribution in [0.25, 0.3) is 0 Å². The van der Waals surface area contributed by atoms with Crippen molar-refractivity contribution in [3.8, 4) is 0 Å². The van der Waals surface area contributed by atoms with E-state index in [1.807, 2.05) is 0 Å². The molecule has 0 saturated heterocycles. The summed E-state index contributed by atoms with van der Waals surface area (Å²) in [4.78, 5) is 0. The minimum absolute atomic E-state index is 0.290. The summed E-state index contributed by atoms with van der Waals surface area (Å²) < 4.78 is 0. The number of hydrogen-bond donors (Lipinski definition) is 1. The molecular formula is C9H17N. The van der Waals surface area contributed by atoms with Crippen LogP contribution < -0.4 is 5.73 Å². The highest BCUT2D eigenvalue weighted by Crippen LogP contribution is 2.43. The Kier molecular flexibility index (Phi) is 1.48. The van der Waals surface area contributed by atoms with E-state index in [1.54, 1.807) is 0 Å². The molecule has 58 valence electrons. The van der Waals surface area contributed by atoms with Crippen LogP contribution in [0.3, 0.4) is 0 Å². The van der Waals surface area contributed by atoms with Crippen LogP contribution in [0.5, 0.6) is 0 Å². The lowest BCUT2D eigenvalue weighted by Crippen LogP contribution is -2.47. The maximum Gasteiger partial charge on any atom is 0.0182 e. The summed E-state index contributed by atoms with van der Waals surface area (Å²) in [6.45, 7) is 0. The van der Waals surface area contributed by atoms with Gasteiger partial charge in [0.2, 0.25) is 0 Å². The van der Waals surface area contributed by atoms with Crippen molar-refractivity contribution in [2.75, 3.05) is 0 Å². The van der Waals surface area contributed by atoms with Crippen LogP contribution in [0.4, 0.5) is 0 Å². The van der Waals surface area contributed by atoms with Crippen molar-refractivity contribution < 1.29 is 0 Å². The molecule has 0 atom stereocenters. The standard InChI is InChI=1S/C9H17N/c10-9(6-1-2-7-9)8-4-3-5-8/h8H,1-7,10H2. The molecule has 2 aliphatic carbocycles. The average Bonchev–Trinajstić information content (AvgIpc) is 2.09. The first-order valence-corrected chi connectivity index (χ1v) is 4.60. The first-order chi connectivity index (χ1) is 4.81. The van der Waals surface area contributed by atoms with E-state index >= 15 is 0 Å². The van der Waals surface area contributed by atoms with Gasteiger partial charge in [-0.15, -0.1) is 0 Å². The second kappa shape index (κ2) is 2.23. The fraction of sp³-hybridized carbons (Fsp3) is 1.00. The Morgan fingerprint density at radius 3 is 2.00 bits per heavy atom. The fourth-order valence-electron chi connectivity index (χ4n) is 2.42. The highest BCUT2D eigenvalue weighted by Gasteiger charge is 2.40. The van der Waals surface area contributed by atoms with Gasteiger partial charge in [-0.25, -0.2) is 0 Å². The molecule has 0 aromatic heterocycles. The largest absolute Gasteiger partial charge is 0.325 e. The fourth-order valence-corrected chi connectivity index (χ4v) is 2.42. The molecule has 10 heavy (non-hydrogen) atoms. The van der Waals surface area contributed by atoms with Crippen LogP contribution in [0.15, 0.2) is 0 Å². The van der Waals surface area contributed by atoms with Crippen molar-refractivity contribution >= 4 is 0 Å². The molecule has 0 spiro atoms. The number of nitrogens with two attached hydrogens (primary N) is 1. The smallest absolute Gasteiger partial charge is 0.0182 e. The quantitative estimate of drug-likeness (QED) is 0.591. The van der Waals surface area contributed by atoms with E-state index in [1.165, 1.54) is 44.9 Å². The Morgan fingerprint density at radius 1 is 1.00 bits per heavy atom. The first kappa shape index (κ1) is 6.66. The molecule has 0 aromatic rings. The van der Waals surface area contributed by atoms with E-state index in [0.29, 0.717) is 0 Å². The molecule has 0 amide bonds. The second-order valence-corrected chi connectivity index (χ2v) is 4.07. The Balaban J connectivity index is 1.98. The third-order valence-electron chi connectivity index (χ3n) is 3.45. The Morgan fingerprint density at radius 2 is 1.60 bits per heavy atom. The summed E-state index contributed by atoms with van der Waals surface area (Å²) >= 11 is 0. The summed E-state index contributed by atoms with van der Waals surface area (Å²) in [6, 6.07) is 0. The summed E-state index contributed by atoms with van der Waals surface area (Å²) in [7, 11) is 0. The van der Waals surface area contributed by atoms with E-state index in [2.05, 4.69) is 0 Å². The van der Waals surface area contributed by atoms with E-state index in [9.17, 15) is 0 Å². The Bertz CT molecular complexity index is 121. The van der Waals surface area contributed by atoms with Crippen LogP contribution in [0.1, 0.15) is 44.9 Å². The molecule has 2 rings (SSSR count). The SMILES string of the molecule is NC1(C2CCC2)CCCC1. The summed E-state index contributed by atoms with van der Waals surface area (Å²) in [5.74, 6) is 0.898.